The van der Waals surface area contributed by atoms with Gasteiger partial charge < -0.3 is 14.2 Å². The van der Waals surface area contributed by atoms with E-state index >= 15 is 0 Å². The largest absolute Gasteiger partial charge is 0.454 e. The molecule has 3 aromatic rings. The summed E-state index contributed by atoms with van der Waals surface area (Å²) < 4.78 is 6.15. The Bertz CT molecular complexity index is 862. The second-order valence-electron chi connectivity index (χ2n) is 6.13. The molecule has 0 radical (unpaired) electrons. The standard InChI is InChI=1S/C19H20N2O/c1-13(2)20-11-12-21(14(20)3)17-9-6-8-16-15-7-4-5-10-18(15)22-19(16)17/h4-14H,1-3H3. The maximum absolute atomic E-state index is 6.15. The van der Waals surface area contributed by atoms with Crippen molar-refractivity contribution in [1.82, 2.24) is 4.90 Å². The van der Waals surface area contributed by atoms with Gasteiger partial charge in [-0.05, 0) is 32.9 Å². The third kappa shape index (κ3) is 1.82. The molecule has 0 aliphatic carbocycles. The van der Waals surface area contributed by atoms with Gasteiger partial charge in [-0.25, -0.2) is 0 Å². The highest BCUT2D eigenvalue weighted by atomic mass is 16.3. The second-order valence-corrected chi connectivity index (χ2v) is 6.13. The first-order valence-electron chi connectivity index (χ1n) is 7.81. The van der Waals surface area contributed by atoms with Crippen LogP contribution in [-0.2, 0) is 0 Å². The minimum absolute atomic E-state index is 0.291. The molecule has 2 heterocycles. The molecule has 3 nitrogen and oxygen atoms in total. The monoisotopic (exact) mass is 292 g/mol. The zero-order valence-corrected chi connectivity index (χ0v) is 13.2. The average Bonchev–Trinajstić information content (AvgIpc) is 3.07. The van der Waals surface area contributed by atoms with E-state index in [4.69, 9.17) is 4.42 Å². The molecule has 2 aromatic carbocycles. The van der Waals surface area contributed by atoms with Gasteiger partial charge in [0.2, 0.25) is 0 Å². The van der Waals surface area contributed by atoms with Crippen molar-refractivity contribution < 1.29 is 4.42 Å². The lowest BCUT2D eigenvalue weighted by atomic mass is 10.1. The van der Waals surface area contributed by atoms with Crippen LogP contribution in [0.3, 0.4) is 0 Å². The van der Waals surface area contributed by atoms with Crippen LogP contribution in [0.5, 0.6) is 0 Å². The lowest BCUT2D eigenvalue weighted by Gasteiger charge is -2.32. The summed E-state index contributed by atoms with van der Waals surface area (Å²) in [5.74, 6) is 0. The Morgan fingerprint density at radius 2 is 1.73 bits per heavy atom. The average molecular weight is 292 g/mol. The van der Waals surface area contributed by atoms with Gasteiger partial charge in [0, 0.05) is 29.2 Å². The molecular formula is C19H20N2O. The maximum Gasteiger partial charge on any atom is 0.159 e. The van der Waals surface area contributed by atoms with Gasteiger partial charge in [0.15, 0.2) is 5.58 Å². The predicted octanol–water partition coefficient (Wildman–Crippen LogP) is 4.93. The van der Waals surface area contributed by atoms with Crippen LogP contribution in [0, 0.1) is 0 Å². The third-order valence-corrected chi connectivity index (χ3v) is 4.49. The minimum Gasteiger partial charge on any atom is -0.454 e. The highest BCUT2D eigenvalue weighted by molar-refractivity contribution is 6.09. The fraction of sp³-hybridized carbons (Fsp3) is 0.263. The van der Waals surface area contributed by atoms with Crippen LogP contribution in [0.4, 0.5) is 5.69 Å². The molecule has 0 saturated carbocycles. The van der Waals surface area contributed by atoms with Crippen LogP contribution in [0.1, 0.15) is 20.8 Å². The summed E-state index contributed by atoms with van der Waals surface area (Å²) in [6, 6.07) is 15.1. The Kier molecular flexibility index (Phi) is 2.89. The zero-order valence-electron chi connectivity index (χ0n) is 13.2. The van der Waals surface area contributed by atoms with E-state index in [-0.39, 0.29) is 0 Å². The molecule has 1 aliphatic heterocycles. The van der Waals surface area contributed by atoms with E-state index < -0.39 is 0 Å². The predicted molar refractivity (Wildman–Crippen MR) is 91.8 cm³/mol. The molecule has 3 heteroatoms. The van der Waals surface area contributed by atoms with E-state index in [0.29, 0.717) is 12.2 Å². The van der Waals surface area contributed by atoms with Crippen molar-refractivity contribution in [3.05, 3.63) is 54.9 Å². The van der Waals surface area contributed by atoms with Gasteiger partial charge >= 0.3 is 0 Å². The van der Waals surface area contributed by atoms with Crippen LogP contribution in [0.2, 0.25) is 0 Å². The second kappa shape index (κ2) is 4.80. The molecule has 0 N–H and O–H groups in total. The van der Waals surface area contributed by atoms with Gasteiger partial charge in [-0.15, -0.1) is 0 Å². The Morgan fingerprint density at radius 3 is 2.50 bits per heavy atom. The van der Waals surface area contributed by atoms with Gasteiger partial charge in [-0.1, -0.05) is 30.3 Å². The maximum atomic E-state index is 6.15. The lowest BCUT2D eigenvalue weighted by Crippen LogP contribution is -2.39. The smallest absolute Gasteiger partial charge is 0.159 e. The highest BCUT2D eigenvalue weighted by Gasteiger charge is 2.27. The van der Waals surface area contributed by atoms with Crippen molar-refractivity contribution in [2.75, 3.05) is 4.90 Å². The van der Waals surface area contributed by atoms with E-state index in [1.807, 2.05) is 12.1 Å². The van der Waals surface area contributed by atoms with Crippen LogP contribution in [0.25, 0.3) is 21.9 Å². The summed E-state index contributed by atoms with van der Waals surface area (Å²) in [7, 11) is 0. The molecule has 0 spiro atoms. The number of furan rings is 1. The molecule has 112 valence electrons. The van der Waals surface area contributed by atoms with Gasteiger partial charge in [-0.3, -0.25) is 0 Å². The number of para-hydroxylation sites is 2. The summed E-state index contributed by atoms with van der Waals surface area (Å²) >= 11 is 0. The summed E-state index contributed by atoms with van der Waals surface area (Å²) in [5.41, 5.74) is 3.04. The fourth-order valence-corrected chi connectivity index (χ4v) is 3.36. The van der Waals surface area contributed by atoms with Crippen molar-refractivity contribution in [2.45, 2.75) is 33.0 Å². The number of nitrogens with zero attached hydrogens (tertiary/aromatic N) is 2. The molecule has 0 amide bonds. The number of fused-ring (bicyclic) bond motifs is 3. The van der Waals surface area contributed by atoms with E-state index in [1.54, 1.807) is 0 Å². The molecular weight excluding hydrogens is 272 g/mol. The van der Waals surface area contributed by atoms with Crippen molar-refractivity contribution >= 4 is 27.6 Å². The summed E-state index contributed by atoms with van der Waals surface area (Å²) in [5, 5.41) is 2.35. The third-order valence-electron chi connectivity index (χ3n) is 4.49. The highest BCUT2D eigenvalue weighted by Crippen LogP contribution is 2.37. The number of anilines is 1. The van der Waals surface area contributed by atoms with Crippen LogP contribution in [-0.4, -0.2) is 17.1 Å². The Morgan fingerprint density at radius 1 is 0.955 bits per heavy atom. The van der Waals surface area contributed by atoms with Crippen LogP contribution in [0.15, 0.2) is 59.3 Å². The number of benzene rings is 2. The number of rotatable bonds is 2. The molecule has 1 atom stereocenters. The normalized spacial score (nSPS) is 18.3. The fourth-order valence-electron chi connectivity index (χ4n) is 3.36. The van der Waals surface area contributed by atoms with Crippen LogP contribution >= 0.6 is 0 Å². The first-order valence-corrected chi connectivity index (χ1v) is 7.81. The van der Waals surface area contributed by atoms with Crippen molar-refractivity contribution in [1.29, 1.82) is 0 Å². The van der Waals surface area contributed by atoms with E-state index in [1.165, 1.54) is 10.8 Å². The van der Waals surface area contributed by atoms with E-state index in [0.717, 1.165) is 16.9 Å². The topological polar surface area (TPSA) is 19.6 Å². The molecule has 0 fully saturated rings. The zero-order chi connectivity index (χ0) is 15.3. The van der Waals surface area contributed by atoms with Gasteiger partial charge in [0.05, 0.1) is 5.69 Å². The molecule has 22 heavy (non-hydrogen) atoms. The number of hydrogen-bond donors (Lipinski definition) is 0. The van der Waals surface area contributed by atoms with Crippen molar-refractivity contribution in [2.24, 2.45) is 0 Å². The Hall–Kier alpha value is -2.42. The van der Waals surface area contributed by atoms with Crippen molar-refractivity contribution in [3.63, 3.8) is 0 Å². The summed E-state index contributed by atoms with van der Waals surface area (Å²) in [6.45, 7) is 6.65. The molecule has 1 aromatic heterocycles. The summed E-state index contributed by atoms with van der Waals surface area (Å²) in [4.78, 5) is 4.63. The number of hydrogen-bond acceptors (Lipinski definition) is 3. The van der Waals surface area contributed by atoms with E-state index in [2.05, 4.69) is 73.3 Å². The first kappa shape index (κ1) is 13.3. The Labute approximate surface area is 130 Å². The molecule has 1 unspecified atom stereocenters. The van der Waals surface area contributed by atoms with E-state index in [9.17, 15) is 0 Å². The Balaban J connectivity index is 1.88. The van der Waals surface area contributed by atoms with Crippen LogP contribution < -0.4 is 4.90 Å². The van der Waals surface area contributed by atoms with Gasteiger partial charge in [-0.2, -0.15) is 0 Å². The SMILES string of the molecule is CC(C)N1C=CN(c2cccc3c2oc2ccccc23)C1C. The lowest BCUT2D eigenvalue weighted by molar-refractivity contribution is 0.263. The van der Waals surface area contributed by atoms with Crippen molar-refractivity contribution in [3.8, 4) is 0 Å². The molecule has 4 rings (SSSR count). The molecule has 1 aliphatic rings. The quantitative estimate of drug-likeness (QED) is 0.667. The summed E-state index contributed by atoms with van der Waals surface area (Å²) in [6.07, 6.45) is 4.60. The first-order chi connectivity index (χ1) is 10.7. The molecule has 0 bridgehead atoms. The van der Waals surface area contributed by atoms with Gasteiger partial charge in [0.1, 0.15) is 11.7 Å². The molecule has 0 saturated heterocycles. The van der Waals surface area contributed by atoms with Gasteiger partial charge in [0.25, 0.3) is 0 Å². The minimum atomic E-state index is 0.291.